The van der Waals surface area contributed by atoms with Crippen LogP contribution in [0.2, 0.25) is 0 Å². The lowest BCUT2D eigenvalue weighted by molar-refractivity contribution is 0.0975. The summed E-state index contributed by atoms with van der Waals surface area (Å²) in [5.41, 5.74) is 2.21. The third kappa shape index (κ3) is 5.31. The van der Waals surface area contributed by atoms with Crippen LogP contribution in [-0.2, 0) is 6.61 Å². The molecule has 0 radical (unpaired) electrons. The van der Waals surface area contributed by atoms with Crippen molar-refractivity contribution in [1.29, 1.82) is 0 Å². The van der Waals surface area contributed by atoms with E-state index in [0.717, 1.165) is 11.3 Å². The van der Waals surface area contributed by atoms with Gasteiger partial charge in [-0.1, -0.05) is 48.5 Å². The Morgan fingerprint density at radius 1 is 0.964 bits per heavy atom. The van der Waals surface area contributed by atoms with Gasteiger partial charge in [0.25, 0.3) is 5.91 Å². The van der Waals surface area contributed by atoms with E-state index < -0.39 is 0 Å². The van der Waals surface area contributed by atoms with Crippen molar-refractivity contribution in [2.75, 3.05) is 12.4 Å². The zero-order chi connectivity index (χ0) is 19.8. The van der Waals surface area contributed by atoms with Crippen molar-refractivity contribution in [2.45, 2.75) is 6.61 Å². The number of carbonyl (C=O) groups excluding carboxylic acids is 1. The molecule has 0 aliphatic rings. The summed E-state index contributed by atoms with van der Waals surface area (Å²) in [6.45, 7) is 0.472. The van der Waals surface area contributed by atoms with Crippen molar-refractivity contribution in [1.82, 2.24) is 5.32 Å². The number of nitrogens with one attached hydrogen (secondary N) is 2. The van der Waals surface area contributed by atoms with Gasteiger partial charge in [-0.2, -0.15) is 0 Å². The van der Waals surface area contributed by atoms with Crippen molar-refractivity contribution in [2.24, 2.45) is 0 Å². The molecule has 0 aliphatic heterocycles. The molecule has 0 bridgehead atoms. The first-order valence-electron chi connectivity index (χ1n) is 8.68. The van der Waals surface area contributed by atoms with Crippen LogP contribution in [0.3, 0.4) is 0 Å². The molecule has 3 aromatic carbocycles. The summed E-state index contributed by atoms with van der Waals surface area (Å²) in [7, 11) is 1.52. The van der Waals surface area contributed by atoms with Gasteiger partial charge in [0.05, 0.1) is 12.7 Å². The van der Waals surface area contributed by atoms with E-state index in [1.807, 2.05) is 54.6 Å². The lowest BCUT2D eigenvalue weighted by atomic mass is 10.2. The highest BCUT2D eigenvalue weighted by atomic mass is 32.1. The van der Waals surface area contributed by atoms with Crippen LogP contribution in [0.4, 0.5) is 5.69 Å². The fraction of sp³-hybridized carbons (Fsp3) is 0.0909. The molecule has 0 fully saturated rings. The van der Waals surface area contributed by atoms with Crippen LogP contribution in [0, 0.1) is 0 Å². The Hall–Kier alpha value is -3.38. The van der Waals surface area contributed by atoms with Gasteiger partial charge in [0.15, 0.2) is 5.11 Å². The van der Waals surface area contributed by atoms with Gasteiger partial charge in [-0.25, -0.2) is 0 Å². The van der Waals surface area contributed by atoms with E-state index in [9.17, 15) is 4.79 Å². The molecule has 1 amide bonds. The number of hydrogen-bond donors (Lipinski definition) is 2. The van der Waals surface area contributed by atoms with Gasteiger partial charge < -0.3 is 14.8 Å². The second-order valence-electron chi connectivity index (χ2n) is 5.91. The number of amides is 1. The Bertz CT molecular complexity index is 961. The lowest BCUT2D eigenvalue weighted by Crippen LogP contribution is -2.34. The molecule has 0 saturated heterocycles. The average molecular weight is 392 g/mol. The molecule has 5 nitrogen and oxygen atoms in total. The van der Waals surface area contributed by atoms with E-state index in [1.54, 1.807) is 24.3 Å². The fourth-order valence-corrected chi connectivity index (χ4v) is 2.78. The summed E-state index contributed by atoms with van der Waals surface area (Å²) < 4.78 is 11.0. The van der Waals surface area contributed by atoms with Crippen LogP contribution in [0.1, 0.15) is 15.9 Å². The van der Waals surface area contributed by atoms with Gasteiger partial charge in [0.2, 0.25) is 0 Å². The Balaban J connectivity index is 1.59. The van der Waals surface area contributed by atoms with Gasteiger partial charge in [-0.05, 0) is 42.0 Å². The summed E-state index contributed by atoms with van der Waals surface area (Å²) >= 11 is 5.25. The van der Waals surface area contributed by atoms with Crippen molar-refractivity contribution in [3.63, 3.8) is 0 Å². The number of benzene rings is 3. The molecule has 3 aromatic rings. The molecule has 0 saturated carbocycles. The van der Waals surface area contributed by atoms with Gasteiger partial charge in [-0.15, -0.1) is 0 Å². The molecule has 142 valence electrons. The van der Waals surface area contributed by atoms with Gasteiger partial charge in [0.1, 0.15) is 18.1 Å². The summed E-state index contributed by atoms with van der Waals surface area (Å²) in [5.74, 6) is 0.846. The molecular weight excluding hydrogens is 372 g/mol. The van der Waals surface area contributed by atoms with Crippen LogP contribution >= 0.6 is 12.2 Å². The van der Waals surface area contributed by atoms with Crippen molar-refractivity contribution < 1.29 is 14.3 Å². The van der Waals surface area contributed by atoms with Gasteiger partial charge in [0, 0.05) is 11.8 Å². The minimum atomic E-state index is -0.341. The minimum absolute atomic E-state index is 0.191. The first-order valence-corrected chi connectivity index (χ1v) is 9.08. The third-order valence-electron chi connectivity index (χ3n) is 3.92. The second-order valence-corrected chi connectivity index (χ2v) is 6.32. The Morgan fingerprint density at radius 3 is 2.50 bits per heavy atom. The third-order valence-corrected chi connectivity index (χ3v) is 4.12. The van der Waals surface area contributed by atoms with E-state index in [0.29, 0.717) is 23.7 Å². The maximum Gasteiger partial charge on any atom is 0.261 e. The van der Waals surface area contributed by atoms with E-state index in [1.165, 1.54) is 7.11 Å². The normalized spacial score (nSPS) is 10.0. The highest BCUT2D eigenvalue weighted by Crippen LogP contribution is 2.19. The summed E-state index contributed by atoms with van der Waals surface area (Å²) in [6.07, 6.45) is 0. The Labute approximate surface area is 169 Å². The van der Waals surface area contributed by atoms with E-state index in [-0.39, 0.29) is 11.0 Å². The largest absolute Gasteiger partial charge is 0.496 e. The van der Waals surface area contributed by atoms with Crippen molar-refractivity contribution >= 4 is 28.9 Å². The zero-order valence-electron chi connectivity index (χ0n) is 15.3. The smallest absolute Gasteiger partial charge is 0.261 e. The number of para-hydroxylation sites is 1. The predicted molar refractivity (Wildman–Crippen MR) is 114 cm³/mol. The fourth-order valence-electron chi connectivity index (χ4n) is 2.57. The number of rotatable bonds is 6. The Kier molecular flexibility index (Phi) is 6.59. The molecule has 0 spiro atoms. The number of methoxy groups -OCH3 is 1. The highest BCUT2D eigenvalue weighted by molar-refractivity contribution is 7.80. The number of hydrogen-bond acceptors (Lipinski definition) is 4. The predicted octanol–water partition coefficient (Wildman–Crippen LogP) is 4.40. The van der Waals surface area contributed by atoms with Crippen LogP contribution < -0.4 is 20.1 Å². The topological polar surface area (TPSA) is 59.6 Å². The molecule has 6 heteroatoms. The molecule has 0 unspecified atom stereocenters. The van der Waals surface area contributed by atoms with Gasteiger partial charge in [-0.3, -0.25) is 10.1 Å². The first kappa shape index (κ1) is 19.4. The second kappa shape index (κ2) is 9.53. The minimum Gasteiger partial charge on any atom is -0.496 e. The van der Waals surface area contributed by atoms with Crippen LogP contribution in [0.15, 0.2) is 78.9 Å². The van der Waals surface area contributed by atoms with E-state index in [4.69, 9.17) is 21.7 Å². The molecule has 0 aliphatic carbocycles. The summed E-state index contributed by atoms with van der Waals surface area (Å²) in [5, 5.41) is 5.85. The van der Waals surface area contributed by atoms with Gasteiger partial charge >= 0.3 is 0 Å². The van der Waals surface area contributed by atoms with Crippen LogP contribution in [0.5, 0.6) is 11.5 Å². The van der Waals surface area contributed by atoms with Crippen molar-refractivity contribution in [3.05, 3.63) is 90.0 Å². The molecule has 0 heterocycles. The van der Waals surface area contributed by atoms with Crippen LogP contribution in [0.25, 0.3) is 0 Å². The number of anilines is 1. The zero-order valence-corrected chi connectivity index (χ0v) is 16.2. The molecule has 3 rings (SSSR count). The number of ether oxygens (including phenoxy) is 2. The SMILES string of the molecule is COc1ccccc1C(=O)NC(=S)Nc1cccc(OCc2ccccc2)c1. The Morgan fingerprint density at radius 2 is 1.71 bits per heavy atom. The van der Waals surface area contributed by atoms with Crippen LogP contribution in [-0.4, -0.2) is 18.1 Å². The molecule has 28 heavy (non-hydrogen) atoms. The molecule has 2 N–H and O–H groups in total. The lowest BCUT2D eigenvalue weighted by Gasteiger charge is -2.12. The maximum atomic E-state index is 12.4. The molecule has 0 atom stereocenters. The molecule has 0 aromatic heterocycles. The van der Waals surface area contributed by atoms with Crippen molar-refractivity contribution in [3.8, 4) is 11.5 Å². The molecular formula is C22H20N2O3S. The van der Waals surface area contributed by atoms with E-state index >= 15 is 0 Å². The van der Waals surface area contributed by atoms with E-state index in [2.05, 4.69) is 10.6 Å². The quantitative estimate of drug-likeness (QED) is 0.609. The standard InChI is InChI=1S/C22H20N2O3S/c1-26-20-13-6-5-12-19(20)21(25)24-22(28)23-17-10-7-11-18(14-17)27-15-16-8-3-2-4-9-16/h2-14H,15H2,1H3,(H2,23,24,25,28). The number of thiocarbonyl (C=S) groups is 1. The number of carbonyl (C=O) groups is 1. The summed E-state index contributed by atoms with van der Waals surface area (Å²) in [4.78, 5) is 12.4. The monoisotopic (exact) mass is 392 g/mol. The first-order chi connectivity index (χ1) is 13.7. The maximum absolute atomic E-state index is 12.4. The average Bonchev–Trinajstić information content (AvgIpc) is 2.73. The summed E-state index contributed by atoms with van der Waals surface area (Å²) in [6, 6.07) is 24.3. The highest BCUT2D eigenvalue weighted by Gasteiger charge is 2.13.